The molecule has 4 nitrogen and oxygen atoms in total. The van der Waals surface area contributed by atoms with Crippen LogP contribution in [0.1, 0.15) is 40.5 Å². The highest BCUT2D eigenvalue weighted by atomic mass is 16.5. The standard InChI is InChI=1S/C24H22N2O2/c27-24-19-10-4-6-12-21(19)25-23(26(24)18-14-15-18)20-11-5-7-13-22(20)28-16-17-8-2-1-3-9-17/h1-13,18,23,25H,14-16H2/t23-/m0/s1. The number of anilines is 1. The van der Waals surface area contributed by atoms with Crippen LogP contribution in [0.4, 0.5) is 5.69 Å². The molecule has 3 aromatic carbocycles. The number of amides is 1. The number of carbonyl (C=O) groups is 1. The molecule has 5 rings (SSSR count). The molecule has 0 radical (unpaired) electrons. The predicted octanol–water partition coefficient (Wildman–Crippen LogP) is 4.99. The third kappa shape index (κ3) is 3.11. The summed E-state index contributed by atoms with van der Waals surface area (Å²) in [4.78, 5) is 15.2. The molecule has 4 heteroatoms. The molecule has 1 atom stereocenters. The number of para-hydroxylation sites is 2. The van der Waals surface area contributed by atoms with Crippen LogP contribution in [0.3, 0.4) is 0 Å². The fourth-order valence-electron chi connectivity index (χ4n) is 3.80. The Morgan fingerprint density at radius 1 is 0.893 bits per heavy atom. The second-order valence-corrected chi connectivity index (χ2v) is 7.35. The fourth-order valence-corrected chi connectivity index (χ4v) is 3.80. The van der Waals surface area contributed by atoms with Crippen molar-refractivity contribution in [2.45, 2.75) is 31.7 Å². The van der Waals surface area contributed by atoms with Gasteiger partial charge in [-0.15, -0.1) is 0 Å². The summed E-state index contributed by atoms with van der Waals surface area (Å²) in [6.45, 7) is 0.499. The van der Waals surface area contributed by atoms with Gasteiger partial charge in [0.05, 0.1) is 5.56 Å². The van der Waals surface area contributed by atoms with Crippen LogP contribution in [-0.2, 0) is 6.61 Å². The lowest BCUT2D eigenvalue weighted by Gasteiger charge is -2.39. The number of hydrogen-bond donors (Lipinski definition) is 1. The number of benzene rings is 3. The Bertz CT molecular complexity index is 998. The van der Waals surface area contributed by atoms with Gasteiger partial charge in [-0.1, -0.05) is 60.7 Å². The number of ether oxygens (including phenoxy) is 1. The lowest BCUT2D eigenvalue weighted by Crippen LogP contribution is -2.44. The number of nitrogens with zero attached hydrogens (tertiary/aromatic N) is 1. The molecule has 140 valence electrons. The molecular formula is C24H22N2O2. The summed E-state index contributed by atoms with van der Waals surface area (Å²) in [5, 5.41) is 3.58. The third-order valence-electron chi connectivity index (χ3n) is 5.35. The maximum Gasteiger partial charge on any atom is 0.258 e. The van der Waals surface area contributed by atoms with E-state index < -0.39 is 0 Å². The first-order chi connectivity index (χ1) is 13.8. The summed E-state index contributed by atoms with van der Waals surface area (Å²) in [6, 6.07) is 26.2. The monoisotopic (exact) mass is 370 g/mol. The zero-order valence-electron chi connectivity index (χ0n) is 15.5. The molecule has 1 fully saturated rings. The zero-order chi connectivity index (χ0) is 18.9. The van der Waals surface area contributed by atoms with Gasteiger partial charge in [-0.2, -0.15) is 0 Å². The molecule has 1 heterocycles. The molecule has 1 aliphatic carbocycles. The molecule has 0 unspecified atom stereocenters. The minimum atomic E-state index is -0.220. The van der Waals surface area contributed by atoms with E-state index >= 15 is 0 Å². The van der Waals surface area contributed by atoms with Gasteiger partial charge in [-0.05, 0) is 36.6 Å². The van der Waals surface area contributed by atoms with Gasteiger partial charge in [0.15, 0.2) is 0 Å². The van der Waals surface area contributed by atoms with Gasteiger partial charge in [0.25, 0.3) is 5.91 Å². The third-order valence-corrected chi connectivity index (χ3v) is 5.35. The highest BCUT2D eigenvalue weighted by Gasteiger charge is 2.42. The number of carbonyl (C=O) groups excluding carboxylic acids is 1. The zero-order valence-corrected chi connectivity index (χ0v) is 15.5. The van der Waals surface area contributed by atoms with Crippen LogP contribution in [0.2, 0.25) is 0 Å². The number of fused-ring (bicyclic) bond motifs is 1. The second-order valence-electron chi connectivity index (χ2n) is 7.35. The normalized spacial score (nSPS) is 18.4. The molecular weight excluding hydrogens is 348 g/mol. The molecule has 0 aromatic heterocycles. The lowest BCUT2D eigenvalue weighted by molar-refractivity contribution is 0.0663. The quantitative estimate of drug-likeness (QED) is 0.688. The summed E-state index contributed by atoms with van der Waals surface area (Å²) >= 11 is 0. The first kappa shape index (κ1) is 16.9. The SMILES string of the molecule is O=C1c2ccccc2N[C@H](c2ccccc2OCc2ccccc2)N1C1CC1. The first-order valence-electron chi connectivity index (χ1n) is 9.75. The molecule has 0 bridgehead atoms. The second kappa shape index (κ2) is 7.04. The maximum atomic E-state index is 13.2. The smallest absolute Gasteiger partial charge is 0.258 e. The van der Waals surface area contributed by atoms with Crippen molar-refractivity contribution in [3.63, 3.8) is 0 Å². The number of nitrogens with one attached hydrogen (secondary N) is 1. The summed E-state index contributed by atoms with van der Waals surface area (Å²) in [6.07, 6.45) is 1.89. The van der Waals surface area contributed by atoms with Crippen molar-refractivity contribution in [1.29, 1.82) is 0 Å². The van der Waals surface area contributed by atoms with Crippen LogP contribution < -0.4 is 10.1 Å². The molecule has 1 aliphatic heterocycles. The van der Waals surface area contributed by atoms with Crippen LogP contribution >= 0.6 is 0 Å². The Labute approximate surface area is 164 Å². The molecule has 0 spiro atoms. The van der Waals surface area contributed by atoms with E-state index in [2.05, 4.69) is 23.5 Å². The summed E-state index contributed by atoms with van der Waals surface area (Å²) in [7, 11) is 0. The minimum absolute atomic E-state index is 0.0970. The van der Waals surface area contributed by atoms with Crippen molar-refractivity contribution < 1.29 is 9.53 Å². The van der Waals surface area contributed by atoms with Crippen LogP contribution in [0.15, 0.2) is 78.9 Å². The van der Waals surface area contributed by atoms with Crippen LogP contribution in [0, 0.1) is 0 Å². The van der Waals surface area contributed by atoms with Gasteiger partial charge in [0.1, 0.15) is 18.5 Å². The van der Waals surface area contributed by atoms with Crippen molar-refractivity contribution in [2.75, 3.05) is 5.32 Å². The van der Waals surface area contributed by atoms with Gasteiger partial charge >= 0.3 is 0 Å². The van der Waals surface area contributed by atoms with E-state index in [4.69, 9.17) is 4.74 Å². The lowest BCUT2D eigenvalue weighted by atomic mass is 10.0. The van der Waals surface area contributed by atoms with Gasteiger partial charge in [-0.25, -0.2) is 0 Å². The van der Waals surface area contributed by atoms with E-state index in [1.807, 2.05) is 65.6 Å². The van der Waals surface area contributed by atoms with E-state index in [0.717, 1.165) is 41.0 Å². The molecule has 3 aromatic rings. The Morgan fingerprint density at radius 2 is 1.61 bits per heavy atom. The number of hydrogen-bond acceptors (Lipinski definition) is 3. The molecule has 1 amide bonds. The van der Waals surface area contributed by atoms with Crippen molar-refractivity contribution in [3.05, 3.63) is 95.6 Å². The van der Waals surface area contributed by atoms with E-state index in [1.54, 1.807) is 0 Å². The van der Waals surface area contributed by atoms with Gasteiger partial charge in [0, 0.05) is 17.3 Å². The van der Waals surface area contributed by atoms with Crippen molar-refractivity contribution in [3.8, 4) is 5.75 Å². The maximum absolute atomic E-state index is 13.2. The van der Waals surface area contributed by atoms with Gasteiger partial charge in [0.2, 0.25) is 0 Å². The van der Waals surface area contributed by atoms with Crippen LogP contribution in [0.5, 0.6) is 5.75 Å². The van der Waals surface area contributed by atoms with Crippen molar-refractivity contribution >= 4 is 11.6 Å². The molecule has 28 heavy (non-hydrogen) atoms. The van der Waals surface area contributed by atoms with E-state index in [9.17, 15) is 4.79 Å². The van der Waals surface area contributed by atoms with Crippen LogP contribution in [0.25, 0.3) is 0 Å². The first-order valence-corrected chi connectivity index (χ1v) is 9.75. The Balaban J connectivity index is 1.49. The molecule has 0 saturated heterocycles. The largest absolute Gasteiger partial charge is 0.488 e. The van der Waals surface area contributed by atoms with Crippen LogP contribution in [-0.4, -0.2) is 16.8 Å². The van der Waals surface area contributed by atoms with E-state index in [0.29, 0.717) is 12.6 Å². The fraction of sp³-hybridized carbons (Fsp3) is 0.208. The Kier molecular flexibility index (Phi) is 4.24. The molecule has 2 aliphatic rings. The highest BCUT2D eigenvalue weighted by Crippen LogP contribution is 2.42. The predicted molar refractivity (Wildman–Crippen MR) is 109 cm³/mol. The van der Waals surface area contributed by atoms with Crippen molar-refractivity contribution in [1.82, 2.24) is 4.90 Å². The van der Waals surface area contributed by atoms with E-state index in [1.165, 1.54) is 0 Å². The summed E-state index contributed by atoms with van der Waals surface area (Å²) in [5.41, 5.74) is 3.74. The number of rotatable bonds is 5. The highest BCUT2D eigenvalue weighted by molar-refractivity contribution is 6.02. The molecule has 1 saturated carbocycles. The summed E-state index contributed by atoms with van der Waals surface area (Å²) < 4.78 is 6.17. The van der Waals surface area contributed by atoms with Gasteiger partial charge < -0.3 is 15.0 Å². The minimum Gasteiger partial charge on any atom is -0.488 e. The average molecular weight is 370 g/mol. The average Bonchev–Trinajstić information content (AvgIpc) is 3.58. The van der Waals surface area contributed by atoms with Gasteiger partial charge in [-0.3, -0.25) is 4.79 Å². The summed E-state index contributed by atoms with van der Waals surface area (Å²) in [5.74, 6) is 0.904. The molecule has 1 N–H and O–H groups in total. The van der Waals surface area contributed by atoms with E-state index in [-0.39, 0.29) is 12.1 Å². The topological polar surface area (TPSA) is 41.6 Å². The Hall–Kier alpha value is -3.27. The van der Waals surface area contributed by atoms with Crippen molar-refractivity contribution in [2.24, 2.45) is 0 Å². The Morgan fingerprint density at radius 3 is 2.43 bits per heavy atom.